The monoisotopic (exact) mass is 480 g/mol. The quantitative estimate of drug-likeness (QED) is 0.175. The van der Waals surface area contributed by atoms with Gasteiger partial charge in [-0.3, -0.25) is 0 Å². The molecule has 35 heavy (non-hydrogen) atoms. The summed E-state index contributed by atoms with van der Waals surface area (Å²) < 4.78 is 12.1. The second-order valence-corrected chi connectivity index (χ2v) is 10.5. The molecule has 0 fully saturated rings. The maximum atomic E-state index is 6.09. The van der Waals surface area contributed by atoms with Gasteiger partial charge in [0.25, 0.3) is 0 Å². The van der Waals surface area contributed by atoms with E-state index in [1.54, 1.807) is 0 Å². The lowest BCUT2D eigenvalue weighted by Crippen LogP contribution is -2.11. The van der Waals surface area contributed by atoms with Crippen LogP contribution in [-0.4, -0.2) is 12.7 Å². The fraction of sp³-hybridized carbons (Fsp3) is 0.636. The normalized spacial score (nSPS) is 12.9. The first-order valence-electron chi connectivity index (χ1n) is 14.6. The van der Waals surface area contributed by atoms with Crippen LogP contribution in [0.5, 0.6) is 11.5 Å². The topological polar surface area (TPSA) is 18.5 Å². The first kappa shape index (κ1) is 29.3. The van der Waals surface area contributed by atoms with E-state index in [2.05, 4.69) is 76.2 Å². The van der Waals surface area contributed by atoms with Crippen LogP contribution in [0.1, 0.15) is 118 Å². The molecule has 2 rings (SSSR count). The number of hydrogen-bond donors (Lipinski definition) is 0. The summed E-state index contributed by atoms with van der Waals surface area (Å²) in [7, 11) is 0. The van der Waals surface area contributed by atoms with Crippen molar-refractivity contribution in [2.45, 2.75) is 124 Å². The van der Waals surface area contributed by atoms with E-state index in [1.807, 2.05) is 0 Å². The van der Waals surface area contributed by atoms with Crippen LogP contribution in [0.2, 0.25) is 0 Å². The molecule has 0 aromatic heterocycles. The largest absolute Gasteiger partial charge is 0.494 e. The van der Waals surface area contributed by atoms with Crippen LogP contribution in [0.15, 0.2) is 48.5 Å². The van der Waals surface area contributed by atoms with Gasteiger partial charge in [-0.25, -0.2) is 0 Å². The Bertz CT molecular complexity index is 750. The Labute approximate surface area is 216 Å². The van der Waals surface area contributed by atoms with Crippen molar-refractivity contribution < 1.29 is 9.47 Å². The Morgan fingerprint density at radius 1 is 0.571 bits per heavy atom. The zero-order chi connectivity index (χ0) is 25.1. The van der Waals surface area contributed by atoms with Crippen LogP contribution >= 0.6 is 0 Å². The third-order valence-corrected chi connectivity index (χ3v) is 7.15. The molecule has 2 atom stereocenters. The zero-order valence-corrected chi connectivity index (χ0v) is 23.2. The molecule has 0 bridgehead atoms. The first-order valence-corrected chi connectivity index (χ1v) is 14.6. The summed E-state index contributed by atoms with van der Waals surface area (Å²) in [6.07, 6.45) is 18.6. The molecule has 2 heteroatoms. The molecule has 0 N–H and O–H groups in total. The summed E-state index contributed by atoms with van der Waals surface area (Å²) >= 11 is 0. The van der Waals surface area contributed by atoms with Crippen LogP contribution in [0.4, 0.5) is 0 Å². The Morgan fingerprint density at radius 3 is 1.69 bits per heavy atom. The third-order valence-electron chi connectivity index (χ3n) is 7.15. The zero-order valence-electron chi connectivity index (χ0n) is 23.2. The van der Waals surface area contributed by atoms with Crippen molar-refractivity contribution in [1.82, 2.24) is 0 Å². The van der Waals surface area contributed by atoms with Crippen LogP contribution in [0.25, 0.3) is 11.1 Å². The number of ether oxygens (including phenoxy) is 2. The van der Waals surface area contributed by atoms with E-state index >= 15 is 0 Å². The predicted molar refractivity (Wildman–Crippen MR) is 153 cm³/mol. The summed E-state index contributed by atoms with van der Waals surface area (Å²) in [6.45, 7) is 9.91. The van der Waals surface area contributed by atoms with Crippen molar-refractivity contribution >= 4 is 0 Å². The van der Waals surface area contributed by atoms with Crippen molar-refractivity contribution in [2.75, 3.05) is 6.61 Å². The Morgan fingerprint density at radius 2 is 1.09 bits per heavy atom. The van der Waals surface area contributed by atoms with Crippen molar-refractivity contribution in [3.63, 3.8) is 0 Å². The smallest absolute Gasteiger partial charge is 0.119 e. The lowest BCUT2D eigenvalue weighted by molar-refractivity contribution is 0.206. The van der Waals surface area contributed by atoms with Gasteiger partial charge in [0.05, 0.1) is 12.7 Å². The highest BCUT2D eigenvalue weighted by Crippen LogP contribution is 2.25. The molecule has 0 spiro atoms. The number of unbranched alkanes of at least 4 members (excludes halogenated alkanes) is 9. The summed E-state index contributed by atoms with van der Waals surface area (Å²) in [5.74, 6) is 2.83. The van der Waals surface area contributed by atoms with Gasteiger partial charge in [-0.1, -0.05) is 116 Å². The van der Waals surface area contributed by atoms with Crippen LogP contribution in [0, 0.1) is 5.92 Å². The van der Waals surface area contributed by atoms with Crippen LogP contribution < -0.4 is 9.47 Å². The van der Waals surface area contributed by atoms with Gasteiger partial charge in [0, 0.05) is 0 Å². The molecule has 196 valence electrons. The van der Waals surface area contributed by atoms with Crippen LogP contribution in [-0.2, 0) is 0 Å². The van der Waals surface area contributed by atoms with Crippen molar-refractivity contribution in [2.24, 2.45) is 5.92 Å². The van der Waals surface area contributed by atoms with E-state index in [1.165, 1.54) is 88.2 Å². The second kappa shape index (κ2) is 18.3. The predicted octanol–water partition coefficient (Wildman–Crippen LogP) is 10.6. The highest BCUT2D eigenvalue weighted by atomic mass is 16.5. The number of rotatable bonds is 20. The minimum absolute atomic E-state index is 0.272. The number of hydrogen-bond acceptors (Lipinski definition) is 2. The minimum Gasteiger partial charge on any atom is -0.494 e. The minimum atomic E-state index is 0.272. The fourth-order valence-electron chi connectivity index (χ4n) is 4.49. The molecular weight excluding hydrogens is 428 g/mol. The van der Waals surface area contributed by atoms with Gasteiger partial charge in [0.2, 0.25) is 0 Å². The van der Waals surface area contributed by atoms with E-state index < -0.39 is 0 Å². The van der Waals surface area contributed by atoms with Gasteiger partial charge in [-0.05, 0) is 67.5 Å². The van der Waals surface area contributed by atoms with Gasteiger partial charge in [-0.15, -0.1) is 0 Å². The average molecular weight is 481 g/mol. The maximum absolute atomic E-state index is 6.09. The SMILES string of the molecule is CCCCCCC(C)Oc1ccc(-c2ccc(OCCCCCCCCCC(C)CC)cc2)cc1. The van der Waals surface area contributed by atoms with Crippen LogP contribution in [0.3, 0.4) is 0 Å². The number of benzene rings is 2. The molecule has 0 aliphatic heterocycles. The molecule has 0 amide bonds. The standard InChI is InChI=1S/C33H52O2/c1-5-7-8-15-18-29(4)35-33-25-21-31(22-26-33)30-19-23-32(24-20-30)34-27-16-13-11-9-10-12-14-17-28(3)6-2/h19-26,28-29H,5-18,27H2,1-4H3. The van der Waals surface area contributed by atoms with Gasteiger partial charge in [-0.2, -0.15) is 0 Å². The highest BCUT2D eigenvalue weighted by molar-refractivity contribution is 5.64. The summed E-state index contributed by atoms with van der Waals surface area (Å²) in [4.78, 5) is 0. The van der Waals surface area contributed by atoms with Crippen molar-refractivity contribution in [1.29, 1.82) is 0 Å². The molecule has 0 saturated carbocycles. The Kier molecular flexibility index (Phi) is 15.3. The molecule has 2 unspecified atom stereocenters. The van der Waals surface area contributed by atoms with Gasteiger partial charge in [0.1, 0.15) is 11.5 Å². The summed E-state index contributed by atoms with van der Waals surface area (Å²) in [5, 5.41) is 0. The highest BCUT2D eigenvalue weighted by Gasteiger charge is 2.05. The van der Waals surface area contributed by atoms with E-state index in [0.717, 1.165) is 36.9 Å². The molecule has 0 heterocycles. The van der Waals surface area contributed by atoms with E-state index in [4.69, 9.17) is 9.47 Å². The van der Waals surface area contributed by atoms with E-state index in [-0.39, 0.29) is 6.10 Å². The molecule has 2 nitrogen and oxygen atoms in total. The molecule has 0 aliphatic rings. The van der Waals surface area contributed by atoms with E-state index in [9.17, 15) is 0 Å². The van der Waals surface area contributed by atoms with Gasteiger partial charge < -0.3 is 9.47 Å². The molecule has 2 aromatic carbocycles. The van der Waals surface area contributed by atoms with Gasteiger partial charge in [0.15, 0.2) is 0 Å². The molecular formula is C33H52O2. The van der Waals surface area contributed by atoms with Gasteiger partial charge >= 0.3 is 0 Å². The molecule has 0 saturated heterocycles. The van der Waals surface area contributed by atoms with Crippen molar-refractivity contribution in [3.05, 3.63) is 48.5 Å². The maximum Gasteiger partial charge on any atom is 0.119 e. The molecule has 0 aliphatic carbocycles. The second-order valence-electron chi connectivity index (χ2n) is 10.5. The molecule has 2 aromatic rings. The molecule has 0 radical (unpaired) electrons. The average Bonchev–Trinajstić information content (AvgIpc) is 2.88. The van der Waals surface area contributed by atoms with Crippen molar-refractivity contribution in [3.8, 4) is 22.6 Å². The lowest BCUT2D eigenvalue weighted by Gasteiger charge is -2.15. The summed E-state index contributed by atoms with van der Waals surface area (Å²) in [6, 6.07) is 17.0. The fourth-order valence-corrected chi connectivity index (χ4v) is 4.49. The third kappa shape index (κ3) is 13.1. The lowest BCUT2D eigenvalue weighted by atomic mass is 10.00. The Balaban J connectivity index is 1.59. The first-order chi connectivity index (χ1) is 17.1. The Hall–Kier alpha value is -1.96. The summed E-state index contributed by atoms with van der Waals surface area (Å²) in [5.41, 5.74) is 2.42. The van der Waals surface area contributed by atoms with E-state index in [0.29, 0.717) is 0 Å².